The second-order valence-electron chi connectivity index (χ2n) is 3.54. The molecule has 4 heteroatoms. The van der Waals surface area contributed by atoms with Gasteiger partial charge in [0.05, 0.1) is 18.3 Å². The fourth-order valence-electron chi connectivity index (χ4n) is 1.36. The summed E-state index contributed by atoms with van der Waals surface area (Å²) in [5.74, 6) is 0.283. The van der Waals surface area contributed by atoms with E-state index in [1.165, 1.54) is 0 Å². The average molecular weight is 224 g/mol. The van der Waals surface area contributed by atoms with Gasteiger partial charge < -0.3 is 14.9 Å². The second kappa shape index (κ2) is 6.25. The molecule has 0 bridgehead atoms. The van der Waals surface area contributed by atoms with Gasteiger partial charge in [-0.15, -0.1) is 0 Å². The molecule has 0 fully saturated rings. The van der Waals surface area contributed by atoms with Gasteiger partial charge in [-0.25, -0.2) is 0 Å². The smallest absolute Gasteiger partial charge is 0.169 e. The van der Waals surface area contributed by atoms with Crippen LogP contribution in [0.15, 0.2) is 24.3 Å². The van der Waals surface area contributed by atoms with Gasteiger partial charge >= 0.3 is 0 Å². The Labute approximate surface area is 94.5 Å². The van der Waals surface area contributed by atoms with E-state index in [1.54, 1.807) is 31.2 Å². The summed E-state index contributed by atoms with van der Waals surface area (Å²) in [7, 11) is 0. The van der Waals surface area contributed by atoms with Crippen LogP contribution in [0.5, 0.6) is 5.75 Å². The van der Waals surface area contributed by atoms with Crippen LogP contribution in [0, 0.1) is 0 Å². The molecule has 2 N–H and O–H groups in total. The normalized spacial score (nSPS) is 12.2. The summed E-state index contributed by atoms with van der Waals surface area (Å²) in [6.07, 6.45) is -0.599. The zero-order valence-electron chi connectivity index (χ0n) is 9.22. The number of rotatable bonds is 6. The van der Waals surface area contributed by atoms with E-state index in [0.29, 0.717) is 11.3 Å². The second-order valence-corrected chi connectivity index (χ2v) is 3.54. The molecule has 0 aliphatic heterocycles. The fraction of sp³-hybridized carbons (Fsp3) is 0.417. The Bertz CT molecular complexity index is 347. The Morgan fingerprint density at radius 2 is 2.12 bits per heavy atom. The summed E-state index contributed by atoms with van der Waals surface area (Å²) in [6, 6.07) is 6.81. The maximum absolute atomic E-state index is 11.7. The van der Waals surface area contributed by atoms with Crippen molar-refractivity contribution in [1.82, 2.24) is 0 Å². The predicted molar refractivity (Wildman–Crippen MR) is 59.7 cm³/mol. The average Bonchev–Trinajstić information content (AvgIpc) is 2.25. The van der Waals surface area contributed by atoms with E-state index >= 15 is 0 Å². The number of Topliss-reactive ketones (excluding diaryl/α,β-unsaturated/α-hetero) is 1. The van der Waals surface area contributed by atoms with Gasteiger partial charge in [0, 0.05) is 6.42 Å². The summed E-state index contributed by atoms with van der Waals surface area (Å²) in [4.78, 5) is 11.7. The lowest BCUT2D eigenvalue weighted by atomic mass is 10.1. The van der Waals surface area contributed by atoms with Crippen LogP contribution in [0.3, 0.4) is 0 Å². The molecular weight excluding hydrogens is 208 g/mol. The van der Waals surface area contributed by atoms with Crippen molar-refractivity contribution in [2.45, 2.75) is 19.4 Å². The molecule has 1 unspecified atom stereocenters. The van der Waals surface area contributed by atoms with E-state index in [2.05, 4.69) is 0 Å². The van der Waals surface area contributed by atoms with E-state index in [1.807, 2.05) is 0 Å². The van der Waals surface area contributed by atoms with Gasteiger partial charge in [-0.3, -0.25) is 4.79 Å². The Hall–Kier alpha value is -1.39. The summed E-state index contributed by atoms with van der Waals surface area (Å²) in [5, 5.41) is 17.8. The lowest BCUT2D eigenvalue weighted by Gasteiger charge is -2.10. The quantitative estimate of drug-likeness (QED) is 0.708. The lowest BCUT2D eigenvalue weighted by Crippen LogP contribution is -2.12. The van der Waals surface area contributed by atoms with Gasteiger partial charge in [0.2, 0.25) is 0 Å². The highest BCUT2D eigenvalue weighted by atomic mass is 16.5. The van der Waals surface area contributed by atoms with Crippen LogP contribution in [0.25, 0.3) is 0 Å². The number of aliphatic hydroxyl groups excluding tert-OH is 2. The molecule has 4 nitrogen and oxygen atoms in total. The minimum Gasteiger partial charge on any atom is -0.490 e. The van der Waals surface area contributed by atoms with E-state index in [4.69, 9.17) is 14.9 Å². The highest BCUT2D eigenvalue weighted by Gasteiger charge is 2.13. The van der Waals surface area contributed by atoms with Gasteiger partial charge in [0.1, 0.15) is 12.4 Å². The number of ether oxygens (including phenoxy) is 1. The minimum atomic E-state index is -0.668. The van der Waals surface area contributed by atoms with Gasteiger partial charge in [0.15, 0.2) is 5.78 Å². The molecule has 88 valence electrons. The van der Waals surface area contributed by atoms with Gasteiger partial charge in [-0.2, -0.15) is 0 Å². The first-order chi connectivity index (χ1) is 7.65. The number of ketones is 1. The van der Waals surface area contributed by atoms with Gasteiger partial charge in [-0.05, 0) is 19.1 Å². The highest BCUT2D eigenvalue weighted by Crippen LogP contribution is 2.20. The molecule has 0 saturated heterocycles. The van der Waals surface area contributed by atoms with Crippen LogP contribution in [0.2, 0.25) is 0 Å². The van der Waals surface area contributed by atoms with Crippen molar-refractivity contribution in [1.29, 1.82) is 0 Å². The SMILES string of the molecule is CC(O)CC(=O)c1ccccc1OCCO. The summed E-state index contributed by atoms with van der Waals surface area (Å²) < 4.78 is 5.24. The first-order valence-electron chi connectivity index (χ1n) is 5.19. The van der Waals surface area contributed by atoms with Crippen molar-refractivity contribution in [3.63, 3.8) is 0 Å². The third-order valence-electron chi connectivity index (χ3n) is 2.02. The number of hydrogen-bond acceptors (Lipinski definition) is 4. The Balaban J connectivity index is 2.81. The molecule has 0 saturated carbocycles. The first kappa shape index (κ1) is 12.7. The predicted octanol–water partition coefficient (Wildman–Crippen LogP) is 1.01. The Morgan fingerprint density at radius 1 is 1.44 bits per heavy atom. The van der Waals surface area contributed by atoms with E-state index in [-0.39, 0.29) is 25.4 Å². The van der Waals surface area contributed by atoms with Crippen LogP contribution >= 0.6 is 0 Å². The fourth-order valence-corrected chi connectivity index (χ4v) is 1.36. The molecule has 0 amide bonds. The number of para-hydroxylation sites is 1. The largest absolute Gasteiger partial charge is 0.490 e. The molecule has 0 spiro atoms. The van der Waals surface area contributed by atoms with Crippen molar-refractivity contribution in [3.05, 3.63) is 29.8 Å². The van der Waals surface area contributed by atoms with Crippen molar-refractivity contribution in [2.75, 3.05) is 13.2 Å². The lowest BCUT2D eigenvalue weighted by molar-refractivity contribution is 0.0896. The molecule has 0 heterocycles. The van der Waals surface area contributed by atoms with Crippen LogP contribution in [0.1, 0.15) is 23.7 Å². The maximum Gasteiger partial charge on any atom is 0.169 e. The maximum atomic E-state index is 11.7. The van der Waals surface area contributed by atoms with Gasteiger partial charge in [-0.1, -0.05) is 12.1 Å². The number of benzene rings is 1. The molecule has 0 aromatic heterocycles. The molecule has 1 rings (SSSR count). The number of hydrogen-bond donors (Lipinski definition) is 2. The zero-order chi connectivity index (χ0) is 12.0. The molecular formula is C12H16O4. The molecule has 0 radical (unpaired) electrons. The Kier molecular flexibility index (Phi) is 4.95. The van der Waals surface area contributed by atoms with Crippen molar-refractivity contribution >= 4 is 5.78 Å². The topological polar surface area (TPSA) is 66.8 Å². The van der Waals surface area contributed by atoms with Gasteiger partial charge in [0.25, 0.3) is 0 Å². The van der Waals surface area contributed by atoms with Crippen molar-refractivity contribution in [2.24, 2.45) is 0 Å². The van der Waals surface area contributed by atoms with Crippen LogP contribution < -0.4 is 4.74 Å². The van der Waals surface area contributed by atoms with Crippen molar-refractivity contribution < 1.29 is 19.7 Å². The van der Waals surface area contributed by atoms with Crippen LogP contribution in [-0.2, 0) is 0 Å². The molecule has 16 heavy (non-hydrogen) atoms. The third-order valence-corrected chi connectivity index (χ3v) is 2.02. The summed E-state index contributed by atoms with van der Waals surface area (Å²) >= 11 is 0. The zero-order valence-corrected chi connectivity index (χ0v) is 9.22. The molecule has 1 aromatic carbocycles. The summed E-state index contributed by atoms with van der Waals surface area (Å²) in [5.41, 5.74) is 0.442. The van der Waals surface area contributed by atoms with E-state index in [9.17, 15) is 4.79 Å². The number of aliphatic hydroxyl groups is 2. The number of carbonyl (C=O) groups excluding carboxylic acids is 1. The monoisotopic (exact) mass is 224 g/mol. The molecule has 1 aromatic rings. The van der Waals surface area contributed by atoms with Crippen LogP contribution in [-0.4, -0.2) is 35.3 Å². The summed E-state index contributed by atoms with van der Waals surface area (Å²) in [6.45, 7) is 1.62. The minimum absolute atomic E-state index is 0.0689. The third kappa shape index (κ3) is 3.64. The Morgan fingerprint density at radius 3 is 2.75 bits per heavy atom. The highest BCUT2D eigenvalue weighted by molar-refractivity contribution is 5.98. The van der Waals surface area contributed by atoms with Crippen LogP contribution in [0.4, 0.5) is 0 Å². The molecule has 0 aliphatic rings. The van der Waals surface area contributed by atoms with E-state index < -0.39 is 6.10 Å². The molecule has 1 atom stereocenters. The first-order valence-corrected chi connectivity index (χ1v) is 5.19. The molecule has 0 aliphatic carbocycles. The standard InChI is InChI=1S/C12H16O4/c1-9(14)8-11(15)10-4-2-3-5-12(10)16-7-6-13/h2-5,9,13-14H,6-8H2,1H3. The van der Waals surface area contributed by atoms with Crippen molar-refractivity contribution in [3.8, 4) is 5.75 Å². The van der Waals surface area contributed by atoms with E-state index in [0.717, 1.165) is 0 Å². The number of carbonyl (C=O) groups is 1.